The Bertz CT molecular complexity index is 1170. The number of anilines is 1. The molecule has 0 spiro atoms. The number of amides is 1. The Morgan fingerprint density at radius 2 is 1.97 bits per heavy atom. The van der Waals surface area contributed by atoms with Crippen LogP contribution in [0.4, 0.5) is 11.4 Å². The summed E-state index contributed by atoms with van der Waals surface area (Å²) in [4.78, 5) is 23.5. The van der Waals surface area contributed by atoms with Gasteiger partial charge in [0.1, 0.15) is 5.69 Å². The van der Waals surface area contributed by atoms with Crippen molar-refractivity contribution in [2.45, 2.75) is 32.0 Å². The molecule has 1 heterocycles. The van der Waals surface area contributed by atoms with E-state index in [1.54, 1.807) is 26.2 Å². The molecule has 0 aliphatic heterocycles. The van der Waals surface area contributed by atoms with Crippen molar-refractivity contribution in [2.75, 3.05) is 24.8 Å². The van der Waals surface area contributed by atoms with Gasteiger partial charge in [-0.3, -0.25) is 14.9 Å². The number of nitrogens with zero attached hydrogens (tertiary/aromatic N) is 4. The first-order valence-corrected chi connectivity index (χ1v) is 11.5. The summed E-state index contributed by atoms with van der Waals surface area (Å²) in [7, 11) is 1.63. The minimum absolute atomic E-state index is 0.00894. The number of hydrogen-bond donors (Lipinski definition) is 1. The van der Waals surface area contributed by atoms with E-state index in [-0.39, 0.29) is 23.0 Å². The lowest BCUT2D eigenvalue weighted by atomic mass is 10.1. The van der Waals surface area contributed by atoms with E-state index in [0.717, 1.165) is 23.1 Å². The van der Waals surface area contributed by atoms with Crippen molar-refractivity contribution in [1.29, 1.82) is 0 Å². The second-order valence-corrected chi connectivity index (χ2v) is 8.68. The van der Waals surface area contributed by atoms with Gasteiger partial charge in [-0.15, -0.1) is 10.2 Å². The van der Waals surface area contributed by atoms with Crippen molar-refractivity contribution < 1.29 is 14.5 Å². The van der Waals surface area contributed by atoms with Crippen molar-refractivity contribution in [3.63, 3.8) is 0 Å². The third kappa shape index (κ3) is 6.10. The van der Waals surface area contributed by atoms with Gasteiger partial charge in [-0.25, -0.2) is 0 Å². The molecule has 0 saturated heterocycles. The van der Waals surface area contributed by atoms with Gasteiger partial charge in [0.05, 0.1) is 15.7 Å². The van der Waals surface area contributed by atoms with Gasteiger partial charge in [-0.1, -0.05) is 35.5 Å². The molecular weight excluding hydrogens is 466 g/mol. The maximum Gasteiger partial charge on any atom is 0.293 e. The molecule has 0 aliphatic rings. The lowest BCUT2D eigenvalue weighted by molar-refractivity contribution is -0.384. The SMILES string of the molecule is COCCCn1c(SCC(=O)Nc2cc(C)c(C)cc2[N+](=O)[O-])nnc1-c1ccccc1Cl. The molecule has 3 rings (SSSR count). The molecule has 0 aliphatic carbocycles. The summed E-state index contributed by atoms with van der Waals surface area (Å²) in [6, 6.07) is 10.4. The van der Waals surface area contributed by atoms with Crippen molar-refractivity contribution in [2.24, 2.45) is 0 Å². The van der Waals surface area contributed by atoms with Crippen LogP contribution in [0.25, 0.3) is 11.4 Å². The summed E-state index contributed by atoms with van der Waals surface area (Å²) < 4.78 is 7.06. The second kappa shape index (κ2) is 11.3. The molecule has 0 unspecified atom stereocenters. The zero-order valence-corrected chi connectivity index (χ0v) is 20.1. The number of carbonyl (C=O) groups is 1. The van der Waals surface area contributed by atoms with E-state index in [2.05, 4.69) is 15.5 Å². The Morgan fingerprint density at radius 1 is 1.24 bits per heavy atom. The van der Waals surface area contributed by atoms with E-state index in [0.29, 0.717) is 29.2 Å². The number of rotatable bonds is 10. The molecule has 11 heteroatoms. The molecule has 33 heavy (non-hydrogen) atoms. The van der Waals surface area contributed by atoms with Crippen molar-refractivity contribution in [3.8, 4) is 11.4 Å². The number of carbonyl (C=O) groups excluding carboxylic acids is 1. The van der Waals surface area contributed by atoms with Crippen LogP contribution in [0.3, 0.4) is 0 Å². The van der Waals surface area contributed by atoms with Crippen LogP contribution in [0.1, 0.15) is 17.5 Å². The minimum atomic E-state index is -0.502. The van der Waals surface area contributed by atoms with E-state index in [1.165, 1.54) is 17.8 Å². The van der Waals surface area contributed by atoms with E-state index < -0.39 is 4.92 Å². The number of ether oxygens (including phenoxy) is 1. The Kier molecular flexibility index (Phi) is 8.43. The number of benzene rings is 2. The third-order valence-electron chi connectivity index (χ3n) is 4.98. The number of hydrogen-bond acceptors (Lipinski definition) is 7. The fourth-order valence-corrected chi connectivity index (χ4v) is 4.16. The maximum atomic E-state index is 12.6. The van der Waals surface area contributed by atoms with Crippen LogP contribution in [0.5, 0.6) is 0 Å². The molecule has 1 aromatic heterocycles. The Hall–Kier alpha value is -2.95. The van der Waals surface area contributed by atoms with Crippen molar-refractivity contribution in [1.82, 2.24) is 14.8 Å². The maximum absolute atomic E-state index is 12.6. The van der Waals surface area contributed by atoms with Gasteiger partial charge in [0, 0.05) is 31.9 Å². The van der Waals surface area contributed by atoms with Crippen LogP contribution in [0.2, 0.25) is 5.02 Å². The molecule has 0 atom stereocenters. The molecule has 0 fully saturated rings. The number of nitro groups is 1. The van der Waals surface area contributed by atoms with Crippen LogP contribution >= 0.6 is 23.4 Å². The van der Waals surface area contributed by atoms with E-state index in [1.807, 2.05) is 29.7 Å². The van der Waals surface area contributed by atoms with Crippen LogP contribution in [0, 0.1) is 24.0 Å². The van der Waals surface area contributed by atoms with Gasteiger partial charge < -0.3 is 14.6 Å². The van der Waals surface area contributed by atoms with Gasteiger partial charge >= 0.3 is 0 Å². The monoisotopic (exact) mass is 489 g/mol. The number of thioether (sulfide) groups is 1. The van der Waals surface area contributed by atoms with Gasteiger partial charge in [0.2, 0.25) is 5.91 Å². The molecule has 0 bridgehead atoms. The van der Waals surface area contributed by atoms with E-state index >= 15 is 0 Å². The molecule has 1 amide bonds. The lowest BCUT2D eigenvalue weighted by Crippen LogP contribution is -2.16. The highest BCUT2D eigenvalue weighted by molar-refractivity contribution is 7.99. The molecule has 3 aromatic rings. The average Bonchev–Trinajstić information content (AvgIpc) is 3.17. The number of halogens is 1. The summed E-state index contributed by atoms with van der Waals surface area (Å²) in [5, 5.41) is 23.7. The van der Waals surface area contributed by atoms with Gasteiger partial charge in [0.15, 0.2) is 11.0 Å². The summed E-state index contributed by atoms with van der Waals surface area (Å²) in [6.45, 7) is 4.76. The Morgan fingerprint density at radius 3 is 2.67 bits per heavy atom. The molecule has 0 radical (unpaired) electrons. The van der Waals surface area contributed by atoms with Crippen LogP contribution in [-0.4, -0.2) is 45.1 Å². The van der Waals surface area contributed by atoms with Crippen LogP contribution in [0.15, 0.2) is 41.6 Å². The quantitative estimate of drug-likeness (QED) is 0.187. The number of aryl methyl sites for hydroxylation is 2. The third-order valence-corrected chi connectivity index (χ3v) is 6.27. The molecule has 9 nitrogen and oxygen atoms in total. The van der Waals surface area contributed by atoms with Crippen LogP contribution < -0.4 is 5.32 Å². The zero-order chi connectivity index (χ0) is 24.0. The fourth-order valence-electron chi connectivity index (χ4n) is 3.17. The largest absolute Gasteiger partial charge is 0.385 e. The first-order valence-electron chi connectivity index (χ1n) is 10.2. The van der Waals surface area contributed by atoms with Crippen LogP contribution in [-0.2, 0) is 16.1 Å². The molecular formula is C22H24ClN5O4S. The predicted molar refractivity (Wildman–Crippen MR) is 129 cm³/mol. The highest BCUT2D eigenvalue weighted by atomic mass is 35.5. The highest BCUT2D eigenvalue weighted by Crippen LogP contribution is 2.31. The summed E-state index contributed by atoms with van der Waals surface area (Å²) in [5.74, 6) is 0.233. The highest BCUT2D eigenvalue weighted by Gasteiger charge is 2.20. The van der Waals surface area contributed by atoms with Crippen molar-refractivity contribution in [3.05, 3.63) is 62.7 Å². The van der Waals surface area contributed by atoms with Gasteiger partial charge in [0.25, 0.3) is 5.69 Å². The summed E-state index contributed by atoms with van der Waals surface area (Å²) >= 11 is 7.55. The summed E-state index contributed by atoms with van der Waals surface area (Å²) in [5.41, 5.74) is 2.41. The van der Waals surface area contributed by atoms with Gasteiger partial charge in [-0.05, 0) is 49.6 Å². The number of aromatic nitrogens is 3. The molecule has 1 N–H and O–H groups in total. The fraction of sp³-hybridized carbons (Fsp3) is 0.318. The predicted octanol–water partition coefficient (Wildman–Crippen LogP) is 4.89. The molecule has 0 saturated carbocycles. The lowest BCUT2D eigenvalue weighted by Gasteiger charge is -2.11. The normalized spacial score (nSPS) is 10.9. The molecule has 2 aromatic carbocycles. The Labute approximate surface area is 200 Å². The number of nitro benzene ring substituents is 1. The zero-order valence-electron chi connectivity index (χ0n) is 18.5. The van der Waals surface area contributed by atoms with E-state index in [4.69, 9.17) is 16.3 Å². The molecule has 174 valence electrons. The Balaban J connectivity index is 1.78. The number of methoxy groups -OCH3 is 1. The standard InChI is InChI=1S/C22H24ClN5O4S/c1-14-11-18(19(28(30)31)12-15(14)2)24-20(29)13-33-22-26-25-21(27(22)9-6-10-32-3)16-7-4-5-8-17(16)23/h4-5,7-8,11-12H,6,9-10,13H2,1-3H3,(H,24,29). The second-order valence-electron chi connectivity index (χ2n) is 7.33. The topological polar surface area (TPSA) is 112 Å². The number of nitrogens with one attached hydrogen (secondary N) is 1. The van der Waals surface area contributed by atoms with Gasteiger partial charge in [-0.2, -0.15) is 0 Å². The first kappa shape index (κ1) is 24.7. The summed E-state index contributed by atoms with van der Waals surface area (Å²) in [6.07, 6.45) is 0.723. The first-order chi connectivity index (χ1) is 15.8. The minimum Gasteiger partial charge on any atom is -0.385 e. The van der Waals surface area contributed by atoms with E-state index in [9.17, 15) is 14.9 Å². The van der Waals surface area contributed by atoms with Crippen molar-refractivity contribution >= 4 is 40.6 Å². The average molecular weight is 490 g/mol. The smallest absolute Gasteiger partial charge is 0.293 e.